The fraction of sp³-hybridized carbons (Fsp3) is 0.211. The molecule has 0 atom stereocenters. The van der Waals surface area contributed by atoms with Crippen molar-refractivity contribution in [2.75, 3.05) is 52.5 Å². The van der Waals surface area contributed by atoms with E-state index in [1.807, 2.05) is 29.2 Å². The van der Waals surface area contributed by atoms with E-state index in [0.717, 1.165) is 22.7 Å². The largest absolute Gasteiger partial charge is 0.496 e. The fourth-order valence-electron chi connectivity index (χ4n) is 5.37. The van der Waals surface area contributed by atoms with Gasteiger partial charge in [-0.3, -0.25) is 4.90 Å². The zero-order valence-electron chi connectivity index (χ0n) is 27.6. The number of anilines is 6. The minimum atomic E-state index is 0.529. The van der Waals surface area contributed by atoms with Gasteiger partial charge in [0.05, 0.1) is 42.7 Å². The molecule has 0 saturated heterocycles. The molecule has 0 N–H and O–H groups in total. The van der Waals surface area contributed by atoms with Gasteiger partial charge in [-0.25, -0.2) is 0 Å². The summed E-state index contributed by atoms with van der Waals surface area (Å²) in [5.74, 6) is 3.30. The Hall–Kier alpha value is -5.50. The van der Waals surface area contributed by atoms with Gasteiger partial charge >= 0.3 is 0 Å². The van der Waals surface area contributed by atoms with Gasteiger partial charge in [0.2, 0.25) is 0 Å². The van der Waals surface area contributed by atoms with Crippen molar-refractivity contribution in [1.29, 1.82) is 0 Å². The normalized spacial score (nSPS) is 10.6. The van der Waals surface area contributed by atoms with E-state index in [9.17, 15) is 0 Å². The van der Waals surface area contributed by atoms with Crippen LogP contribution in [0.15, 0.2) is 97.1 Å². The Labute approximate surface area is 271 Å². The molecule has 0 saturated carbocycles. The molecule has 0 amide bonds. The van der Waals surface area contributed by atoms with Crippen molar-refractivity contribution in [2.24, 2.45) is 0 Å². The van der Waals surface area contributed by atoms with Crippen LogP contribution in [0.3, 0.4) is 0 Å². The molecule has 8 heteroatoms. The van der Waals surface area contributed by atoms with E-state index >= 15 is 0 Å². The molecular formula is C38H40N2O6. The number of benzene rings is 5. The van der Waals surface area contributed by atoms with Gasteiger partial charge in [-0.05, 0) is 62.4 Å². The molecule has 0 aliphatic heterocycles. The Bertz CT molecular complexity index is 1610. The van der Waals surface area contributed by atoms with E-state index in [1.54, 1.807) is 42.7 Å². The van der Waals surface area contributed by atoms with Gasteiger partial charge in [-0.15, -0.1) is 0 Å². The van der Waals surface area contributed by atoms with E-state index in [0.29, 0.717) is 45.9 Å². The van der Waals surface area contributed by atoms with Crippen molar-refractivity contribution in [3.8, 4) is 34.5 Å². The lowest BCUT2D eigenvalue weighted by Crippen LogP contribution is -2.16. The summed E-state index contributed by atoms with van der Waals surface area (Å²) in [4.78, 5) is 4.23. The monoisotopic (exact) mass is 620 g/mol. The Kier molecular flexibility index (Phi) is 9.76. The van der Waals surface area contributed by atoms with E-state index in [-0.39, 0.29) is 0 Å². The van der Waals surface area contributed by atoms with E-state index in [4.69, 9.17) is 28.4 Å². The zero-order chi connectivity index (χ0) is 32.8. The van der Waals surface area contributed by atoms with Gasteiger partial charge in [0.25, 0.3) is 0 Å². The molecule has 0 aliphatic rings. The SMILES string of the molecule is COc1cc(OC)c(N(c2ccc(N(c3ccc(C)cc3)c3ccc(C)cc3)cc2)c2c(OC)cc(OC)cc2OC)c(OC)c1. The Balaban J connectivity index is 1.75. The summed E-state index contributed by atoms with van der Waals surface area (Å²) in [6.07, 6.45) is 0. The van der Waals surface area contributed by atoms with Crippen LogP contribution in [-0.4, -0.2) is 42.7 Å². The third-order valence-electron chi connectivity index (χ3n) is 7.78. The van der Waals surface area contributed by atoms with E-state index in [2.05, 4.69) is 91.5 Å². The molecule has 238 valence electrons. The molecule has 0 bridgehead atoms. The van der Waals surface area contributed by atoms with Crippen LogP contribution >= 0.6 is 0 Å². The molecule has 46 heavy (non-hydrogen) atoms. The molecule has 0 aliphatic carbocycles. The van der Waals surface area contributed by atoms with Gasteiger partial charge in [-0.2, -0.15) is 0 Å². The number of aryl methyl sites for hydroxylation is 2. The van der Waals surface area contributed by atoms with Crippen LogP contribution in [0.5, 0.6) is 34.5 Å². The summed E-state index contributed by atoms with van der Waals surface area (Å²) in [6.45, 7) is 4.18. The first-order chi connectivity index (χ1) is 22.3. The van der Waals surface area contributed by atoms with Crippen molar-refractivity contribution in [2.45, 2.75) is 13.8 Å². The predicted molar refractivity (Wildman–Crippen MR) is 185 cm³/mol. The molecule has 0 fully saturated rings. The third kappa shape index (κ3) is 6.33. The number of hydrogen-bond donors (Lipinski definition) is 0. The number of hydrogen-bond acceptors (Lipinski definition) is 8. The van der Waals surface area contributed by atoms with Crippen molar-refractivity contribution < 1.29 is 28.4 Å². The lowest BCUT2D eigenvalue weighted by Gasteiger charge is -2.32. The minimum absolute atomic E-state index is 0.529. The summed E-state index contributed by atoms with van der Waals surface area (Å²) in [6, 6.07) is 32.6. The molecule has 0 radical (unpaired) electrons. The first-order valence-electron chi connectivity index (χ1n) is 14.8. The molecule has 8 nitrogen and oxygen atoms in total. The van der Waals surface area contributed by atoms with Crippen LogP contribution < -0.4 is 38.2 Å². The van der Waals surface area contributed by atoms with Crippen LogP contribution in [0.2, 0.25) is 0 Å². The van der Waals surface area contributed by atoms with Crippen LogP contribution in [0.25, 0.3) is 0 Å². The van der Waals surface area contributed by atoms with Crippen LogP contribution in [0, 0.1) is 13.8 Å². The van der Waals surface area contributed by atoms with Crippen molar-refractivity contribution in [3.63, 3.8) is 0 Å². The number of methoxy groups -OCH3 is 6. The van der Waals surface area contributed by atoms with Gasteiger partial charge in [-0.1, -0.05) is 35.4 Å². The standard InChI is InChI=1S/C38H40N2O6/c1-25-9-13-27(14-10-25)39(28-15-11-26(2)12-16-28)29-17-19-30(20-18-29)40(37-33(43-5)21-31(41-3)22-34(37)44-6)38-35(45-7)23-32(42-4)24-36(38)46-8/h9-24H,1-8H3. The topological polar surface area (TPSA) is 61.9 Å². The first-order valence-corrected chi connectivity index (χ1v) is 14.8. The van der Waals surface area contributed by atoms with Gasteiger partial charge in [0.1, 0.15) is 45.9 Å². The lowest BCUT2D eigenvalue weighted by molar-refractivity contribution is 0.373. The zero-order valence-corrected chi connectivity index (χ0v) is 27.6. The highest BCUT2D eigenvalue weighted by Crippen LogP contribution is 2.54. The quantitative estimate of drug-likeness (QED) is 0.137. The summed E-state index contributed by atoms with van der Waals surface area (Å²) >= 11 is 0. The maximum Gasteiger partial charge on any atom is 0.150 e. The second-order valence-corrected chi connectivity index (χ2v) is 10.6. The average molecular weight is 621 g/mol. The lowest BCUT2D eigenvalue weighted by atomic mass is 10.1. The molecule has 0 heterocycles. The maximum absolute atomic E-state index is 5.93. The van der Waals surface area contributed by atoms with Gasteiger partial charge in [0, 0.05) is 47.0 Å². The average Bonchev–Trinajstić information content (AvgIpc) is 3.10. The molecule has 0 aromatic heterocycles. The van der Waals surface area contributed by atoms with E-state index in [1.165, 1.54) is 11.1 Å². The molecule has 0 spiro atoms. The molecule has 0 unspecified atom stereocenters. The van der Waals surface area contributed by atoms with E-state index < -0.39 is 0 Å². The van der Waals surface area contributed by atoms with Crippen LogP contribution in [-0.2, 0) is 0 Å². The highest BCUT2D eigenvalue weighted by Gasteiger charge is 2.29. The third-order valence-corrected chi connectivity index (χ3v) is 7.78. The fourth-order valence-corrected chi connectivity index (χ4v) is 5.37. The van der Waals surface area contributed by atoms with Gasteiger partial charge < -0.3 is 33.3 Å². The number of ether oxygens (including phenoxy) is 6. The highest BCUT2D eigenvalue weighted by atomic mass is 16.5. The van der Waals surface area contributed by atoms with Crippen molar-refractivity contribution >= 4 is 34.1 Å². The summed E-state index contributed by atoms with van der Waals surface area (Å²) in [7, 11) is 9.66. The first kappa shape index (κ1) is 31.9. The highest BCUT2D eigenvalue weighted by molar-refractivity contribution is 5.91. The molecule has 5 aromatic carbocycles. The minimum Gasteiger partial charge on any atom is -0.496 e. The number of rotatable bonds is 12. The summed E-state index contributed by atoms with van der Waals surface area (Å²) in [5, 5.41) is 0. The Morgan fingerprint density at radius 1 is 0.348 bits per heavy atom. The smallest absolute Gasteiger partial charge is 0.150 e. The second-order valence-electron chi connectivity index (χ2n) is 10.6. The van der Waals surface area contributed by atoms with Crippen LogP contribution in [0.1, 0.15) is 11.1 Å². The molecule has 5 rings (SSSR count). The molecule has 5 aromatic rings. The predicted octanol–water partition coefficient (Wildman–Crippen LogP) is 9.29. The van der Waals surface area contributed by atoms with Gasteiger partial charge in [0.15, 0.2) is 0 Å². The van der Waals surface area contributed by atoms with Crippen molar-refractivity contribution in [1.82, 2.24) is 0 Å². The van der Waals surface area contributed by atoms with Crippen molar-refractivity contribution in [3.05, 3.63) is 108 Å². The maximum atomic E-state index is 5.93. The van der Waals surface area contributed by atoms with Crippen LogP contribution in [0.4, 0.5) is 34.1 Å². The Morgan fingerprint density at radius 3 is 0.870 bits per heavy atom. The Morgan fingerprint density at radius 2 is 0.609 bits per heavy atom. The number of nitrogens with zero attached hydrogens (tertiary/aromatic N) is 2. The summed E-state index contributed by atoms with van der Waals surface area (Å²) < 4.78 is 34.8. The second kappa shape index (κ2) is 14.1. The molecular weight excluding hydrogens is 580 g/mol. The summed E-state index contributed by atoms with van der Waals surface area (Å²) in [5.41, 5.74) is 7.56.